The molecular weight excluding hydrogens is 1100 g/mol. The third-order valence-electron chi connectivity index (χ3n) is 14.4. The van der Waals surface area contributed by atoms with Gasteiger partial charge in [-0.3, -0.25) is 28.8 Å². The monoisotopic (exact) mass is 1200 g/mol. The van der Waals surface area contributed by atoms with Crippen molar-refractivity contribution >= 4 is 48.1 Å². The van der Waals surface area contributed by atoms with Crippen molar-refractivity contribution < 1.29 is 76.7 Å². The van der Waals surface area contributed by atoms with Crippen LogP contribution in [0.4, 0.5) is 0 Å². The van der Waals surface area contributed by atoms with Crippen molar-refractivity contribution in [2.24, 2.45) is 5.92 Å². The number of methoxy groups -OCH3 is 2. The molecule has 2 aromatic carbocycles. The Kier molecular flexibility index (Phi) is 45.8. The third kappa shape index (κ3) is 40.9. The molecule has 0 saturated carbocycles. The van der Waals surface area contributed by atoms with Crippen LogP contribution < -0.4 is 18.9 Å². The highest BCUT2D eigenvalue weighted by molar-refractivity contribution is 6.11. The summed E-state index contributed by atoms with van der Waals surface area (Å²) in [6.45, 7) is 14.0. The van der Waals surface area contributed by atoms with E-state index in [4.69, 9.17) is 43.2 Å². The maximum Gasteiger partial charge on any atom is 0.311 e. The van der Waals surface area contributed by atoms with Crippen molar-refractivity contribution in [3.05, 3.63) is 84.4 Å². The number of ether oxygens (including phenoxy) is 6. The van der Waals surface area contributed by atoms with E-state index in [1.54, 1.807) is 30.3 Å². The van der Waals surface area contributed by atoms with Gasteiger partial charge in [0.25, 0.3) is 6.47 Å². The second-order valence-electron chi connectivity index (χ2n) is 22.1. The number of esters is 3. The number of ketones is 2. The van der Waals surface area contributed by atoms with Gasteiger partial charge in [-0.05, 0) is 86.1 Å². The molecule has 1 unspecified atom stereocenters. The van der Waals surface area contributed by atoms with E-state index in [1.165, 1.54) is 147 Å². The fourth-order valence-corrected chi connectivity index (χ4v) is 9.32. The molecule has 16 heteroatoms. The third-order valence-corrected chi connectivity index (χ3v) is 14.4. The lowest BCUT2D eigenvalue weighted by Crippen LogP contribution is -2.19. The minimum atomic E-state index is -0.558. The smallest absolute Gasteiger partial charge is 0.311 e. The maximum absolute atomic E-state index is 12.9. The zero-order chi connectivity index (χ0) is 62.5. The number of rotatable bonds is 58. The Morgan fingerprint density at radius 2 is 0.884 bits per heavy atom. The molecule has 2 rings (SSSR count). The molecule has 86 heavy (non-hydrogen) atoms. The van der Waals surface area contributed by atoms with Crippen LogP contribution in [0.1, 0.15) is 250 Å². The number of unbranched alkanes of at least 4 members (excludes halogenated alkanes) is 23. The van der Waals surface area contributed by atoms with Gasteiger partial charge in [-0.15, -0.1) is 0 Å². The first-order valence-electron chi connectivity index (χ1n) is 32.3. The minimum absolute atomic E-state index is 0.0226. The van der Waals surface area contributed by atoms with E-state index in [0.717, 1.165) is 83.5 Å². The highest BCUT2D eigenvalue weighted by atomic mass is 17.2. The number of benzene rings is 2. The number of hydrogen-bond acceptors (Lipinski definition) is 16. The first-order chi connectivity index (χ1) is 41.9. The quantitative estimate of drug-likeness (QED) is 0.00697. The largest absolute Gasteiger partial charge is 0.493 e. The predicted molar refractivity (Wildman–Crippen MR) is 337 cm³/mol. The molecule has 0 amide bonds. The van der Waals surface area contributed by atoms with Gasteiger partial charge in [0.2, 0.25) is 0 Å². The topological polar surface area (TPSA) is 195 Å². The molecule has 0 spiro atoms. The standard InChI is InChI=1S/C70H106O16/c1-7-9-11-13-15-16-17-18-19-20-21-22-25-30-36-58(4)86-82-55-61(37-31-27-24-23-26-29-35-57(3)85-81-50-32-28-14-12-10-8-2)54-80-68(74)38-33-39-69(75)83-64-47-43-59(51-66(64)77-5)41-45-62(72)53-63(73)46-42-60-44-48-65(67(52-60)78-6)84-70(76)40-34-49-79-56-71/h41-48,51-52,56,61H,3-4,7-40,49-50,53-55H2,1-2,5-6H3. The van der Waals surface area contributed by atoms with Gasteiger partial charge >= 0.3 is 17.9 Å². The van der Waals surface area contributed by atoms with Crippen molar-refractivity contribution in [1.82, 2.24) is 0 Å². The molecule has 2 aromatic rings. The molecule has 1 atom stereocenters. The first-order valence-corrected chi connectivity index (χ1v) is 32.3. The molecule has 0 fully saturated rings. The van der Waals surface area contributed by atoms with Crippen molar-refractivity contribution in [2.45, 2.75) is 239 Å². The van der Waals surface area contributed by atoms with E-state index in [0.29, 0.717) is 42.1 Å². The van der Waals surface area contributed by atoms with Gasteiger partial charge < -0.3 is 38.2 Å². The van der Waals surface area contributed by atoms with Gasteiger partial charge in [-0.1, -0.05) is 199 Å². The Labute approximate surface area is 515 Å². The molecule has 0 radical (unpaired) electrons. The number of carbonyl (C=O) groups excluding carboxylic acids is 6. The van der Waals surface area contributed by atoms with Crippen LogP contribution in [0, 0.1) is 5.92 Å². The minimum Gasteiger partial charge on any atom is -0.493 e. The van der Waals surface area contributed by atoms with Crippen LogP contribution in [0.15, 0.2) is 73.2 Å². The summed E-state index contributed by atoms with van der Waals surface area (Å²) < 4.78 is 32.0. The molecule has 0 bridgehead atoms. The average Bonchev–Trinajstić information content (AvgIpc) is 3.71. The fourth-order valence-electron chi connectivity index (χ4n) is 9.32. The number of allylic oxidation sites excluding steroid dienone is 4. The van der Waals surface area contributed by atoms with Gasteiger partial charge in [0.1, 0.15) is 11.5 Å². The SMILES string of the molecule is C=C(CCCCCCCCC(COOC(=C)CCCCCCCCCCCCCCCC)COC(=O)CCCC(=O)Oc1ccc(C=CC(=O)CC(=O)C=Cc2ccc(OC(=O)CCCOC=O)c(OC)c2)cc1OC)OOCCCCCCCC. The molecule has 16 nitrogen and oxygen atoms in total. The molecule has 0 aliphatic rings. The van der Waals surface area contributed by atoms with E-state index in [1.807, 2.05) is 0 Å². The van der Waals surface area contributed by atoms with Crippen LogP contribution in [-0.2, 0) is 57.8 Å². The lowest BCUT2D eigenvalue weighted by atomic mass is 10.0. The second-order valence-corrected chi connectivity index (χ2v) is 22.1. The summed E-state index contributed by atoms with van der Waals surface area (Å²) in [6.07, 6.45) is 39.6. The zero-order valence-electron chi connectivity index (χ0n) is 53.0. The van der Waals surface area contributed by atoms with Crippen LogP contribution in [0.25, 0.3) is 12.2 Å². The fraction of sp³-hybridized carbons (Fsp3) is 0.629. The lowest BCUT2D eigenvalue weighted by Gasteiger charge is -2.17. The first kappa shape index (κ1) is 75.8. The number of carbonyl (C=O) groups is 6. The molecule has 0 saturated heterocycles. The van der Waals surface area contributed by atoms with Gasteiger partial charge in [-0.25, -0.2) is 0 Å². The van der Waals surface area contributed by atoms with Crippen molar-refractivity contribution in [3.63, 3.8) is 0 Å². The van der Waals surface area contributed by atoms with Crippen molar-refractivity contribution in [3.8, 4) is 23.0 Å². The Morgan fingerprint density at radius 1 is 0.453 bits per heavy atom. The Hall–Kier alpha value is -6.26. The molecular formula is C70H106O16. The van der Waals surface area contributed by atoms with E-state index in [9.17, 15) is 28.8 Å². The van der Waals surface area contributed by atoms with E-state index >= 15 is 0 Å². The zero-order valence-corrected chi connectivity index (χ0v) is 53.0. The van der Waals surface area contributed by atoms with Crippen LogP contribution >= 0.6 is 0 Å². The van der Waals surface area contributed by atoms with Crippen LogP contribution in [-0.4, -0.2) is 76.6 Å². The van der Waals surface area contributed by atoms with Crippen LogP contribution in [0.5, 0.6) is 23.0 Å². The number of hydrogen-bond donors (Lipinski definition) is 0. The average molecular weight is 1200 g/mol. The summed E-state index contributed by atoms with van der Waals surface area (Å²) in [4.78, 5) is 95.7. The maximum atomic E-state index is 12.9. The van der Waals surface area contributed by atoms with Gasteiger partial charge in [0.05, 0.1) is 47.1 Å². The molecule has 0 N–H and O–H groups in total. The Bertz CT molecular complexity index is 2270. The molecule has 0 aliphatic carbocycles. The Morgan fingerprint density at radius 3 is 1.36 bits per heavy atom. The van der Waals surface area contributed by atoms with Crippen LogP contribution in [0.2, 0.25) is 0 Å². The van der Waals surface area contributed by atoms with E-state index in [-0.39, 0.29) is 80.8 Å². The van der Waals surface area contributed by atoms with Gasteiger partial charge in [0, 0.05) is 38.0 Å². The lowest BCUT2D eigenvalue weighted by molar-refractivity contribution is -0.273. The second kappa shape index (κ2) is 51.9. The summed E-state index contributed by atoms with van der Waals surface area (Å²) >= 11 is 0. The van der Waals surface area contributed by atoms with Crippen molar-refractivity contribution in [1.29, 1.82) is 0 Å². The highest BCUT2D eigenvalue weighted by Gasteiger charge is 2.17. The Balaban J connectivity index is 1.79. The summed E-state index contributed by atoms with van der Waals surface area (Å²) in [5, 5.41) is 0. The molecule has 0 heterocycles. The highest BCUT2D eigenvalue weighted by Crippen LogP contribution is 2.31. The summed E-state index contributed by atoms with van der Waals surface area (Å²) in [7, 11) is 2.83. The van der Waals surface area contributed by atoms with E-state index in [2.05, 4.69) is 31.7 Å². The van der Waals surface area contributed by atoms with E-state index < -0.39 is 29.5 Å². The molecule has 0 aromatic heterocycles. The molecule has 0 aliphatic heterocycles. The summed E-state index contributed by atoms with van der Waals surface area (Å²) in [5.41, 5.74) is 1.13. The van der Waals surface area contributed by atoms with Crippen molar-refractivity contribution in [2.75, 3.05) is 40.6 Å². The van der Waals surface area contributed by atoms with Crippen LogP contribution in [0.3, 0.4) is 0 Å². The predicted octanol–water partition coefficient (Wildman–Crippen LogP) is 17.3. The summed E-state index contributed by atoms with van der Waals surface area (Å²) in [6, 6.07) is 9.49. The van der Waals surface area contributed by atoms with Gasteiger partial charge in [-0.2, -0.15) is 9.78 Å². The normalized spacial score (nSPS) is 11.5. The van der Waals surface area contributed by atoms with Gasteiger partial charge in [0.15, 0.2) is 34.6 Å². The summed E-state index contributed by atoms with van der Waals surface area (Å²) in [5.74, 6) is -0.331. The molecule has 482 valence electrons.